The number of hydrogen-bond acceptors (Lipinski definition) is 10. The van der Waals surface area contributed by atoms with E-state index in [9.17, 15) is 19.8 Å². The fraction of sp³-hybridized carbons (Fsp3) is 0.389. The van der Waals surface area contributed by atoms with Crippen molar-refractivity contribution in [2.24, 2.45) is 0 Å². The molecule has 0 aliphatic carbocycles. The summed E-state index contributed by atoms with van der Waals surface area (Å²) in [5.74, 6) is -1.18. The Bertz CT molecular complexity index is 1690. The predicted molar refractivity (Wildman–Crippen MR) is 189 cm³/mol. The van der Waals surface area contributed by atoms with Crippen LogP contribution in [-0.4, -0.2) is 91.9 Å². The molecular weight excluding hydrogens is 644 g/mol. The third-order valence-corrected chi connectivity index (χ3v) is 6.46. The van der Waals surface area contributed by atoms with Crippen molar-refractivity contribution in [3.05, 3.63) is 72.1 Å². The molecule has 0 saturated carbocycles. The molecule has 0 spiro atoms. The smallest absolute Gasteiger partial charge is 0.328 e. The summed E-state index contributed by atoms with van der Waals surface area (Å²) >= 11 is 0. The predicted octanol–water partition coefficient (Wildman–Crippen LogP) is 4.05. The van der Waals surface area contributed by atoms with Gasteiger partial charge in [-0.3, -0.25) is 0 Å². The number of nitrogens with one attached hydrogen (secondary N) is 4. The number of hydrogen-bond donors (Lipinski definition) is 8. The van der Waals surface area contributed by atoms with Crippen LogP contribution in [0.1, 0.15) is 52.9 Å². The lowest BCUT2D eigenvalue weighted by Gasteiger charge is -2.23. The van der Waals surface area contributed by atoms with Crippen LogP contribution in [0.5, 0.6) is 11.5 Å². The molecule has 2 heterocycles. The molecule has 268 valence electrons. The van der Waals surface area contributed by atoms with Crippen LogP contribution < -0.4 is 20.1 Å². The zero-order chi connectivity index (χ0) is 37.5. The minimum absolute atomic E-state index is 0.0384. The number of β-amino-alcohol motifs (C(OH)–C–C–N with tert-alkyl or cyclic N) is 2. The van der Waals surface area contributed by atoms with Crippen molar-refractivity contribution in [1.82, 2.24) is 20.6 Å². The van der Waals surface area contributed by atoms with Crippen LogP contribution in [0.2, 0.25) is 0 Å². The molecule has 0 amide bonds. The lowest BCUT2D eigenvalue weighted by atomic mass is 10.1. The van der Waals surface area contributed by atoms with Crippen molar-refractivity contribution in [2.75, 3.05) is 26.3 Å². The summed E-state index contributed by atoms with van der Waals surface area (Å²) in [7, 11) is 0. The lowest BCUT2D eigenvalue weighted by molar-refractivity contribution is -0.134. The molecule has 2 atom stereocenters. The number of carbonyl (C=O) groups is 2. The summed E-state index contributed by atoms with van der Waals surface area (Å²) in [5, 5.41) is 61.5. The van der Waals surface area contributed by atoms with E-state index in [0.29, 0.717) is 48.1 Å². The van der Waals surface area contributed by atoms with E-state index in [4.69, 9.17) is 30.2 Å². The first-order valence-corrected chi connectivity index (χ1v) is 15.7. The van der Waals surface area contributed by atoms with Crippen LogP contribution in [0.3, 0.4) is 0 Å². The summed E-state index contributed by atoms with van der Waals surface area (Å²) in [6.07, 6.45) is -0.0623. The molecular formula is C36H46N6O8. The van der Waals surface area contributed by atoms with Crippen LogP contribution in [0.25, 0.3) is 21.8 Å². The average Bonchev–Trinajstić information content (AvgIpc) is 3.68. The first kappa shape index (κ1) is 40.8. The number of carboxylic acid groups (broad SMARTS) is 2. The Hall–Kier alpha value is -5.38. The van der Waals surface area contributed by atoms with Gasteiger partial charge in [0.2, 0.25) is 0 Å². The number of aromatic nitrogens is 2. The van der Waals surface area contributed by atoms with E-state index in [0.717, 1.165) is 21.8 Å². The Morgan fingerprint density at radius 1 is 0.740 bits per heavy atom. The van der Waals surface area contributed by atoms with E-state index in [1.165, 1.54) is 0 Å². The van der Waals surface area contributed by atoms with Crippen LogP contribution in [0.15, 0.2) is 60.7 Å². The molecule has 4 rings (SSSR count). The molecule has 2 aromatic heterocycles. The van der Waals surface area contributed by atoms with Gasteiger partial charge in [0.25, 0.3) is 0 Å². The Morgan fingerprint density at radius 3 is 1.40 bits per heavy atom. The van der Waals surface area contributed by atoms with E-state index < -0.39 is 24.1 Å². The van der Waals surface area contributed by atoms with E-state index in [-0.39, 0.29) is 24.3 Å². The SMILES string of the molecule is CC(C)(C)NC[C@H](O)COc1cccc2[nH]c(C#N)cc12.CC(C)(C)NC[C@H](O)COc1cccc2[nH]c(C#N)cc12.O=C(O)/C=C/C(=O)O. The van der Waals surface area contributed by atoms with Gasteiger partial charge in [0, 0.05) is 47.1 Å². The summed E-state index contributed by atoms with van der Waals surface area (Å²) in [5.41, 5.74) is 2.62. The van der Waals surface area contributed by atoms with Gasteiger partial charge in [0.05, 0.1) is 11.0 Å². The van der Waals surface area contributed by atoms with Gasteiger partial charge >= 0.3 is 11.9 Å². The quantitative estimate of drug-likeness (QED) is 0.0983. The topological polar surface area (TPSA) is 237 Å². The lowest BCUT2D eigenvalue weighted by Crippen LogP contribution is -2.42. The summed E-state index contributed by atoms with van der Waals surface area (Å²) in [4.78, 5) is 25.1. The zero-order valence-corrected chi connectivity index (χ0v) is 29.1. The van der Waals surface area contributed by atoms with Crippen LogP contribution in [0, 0.1) is 22.7 Å². The number of aliphatic carboxylic acids is 2. The van der Waals surface area contributed by atoms with E-state index in [1.54, 1.807) is 12.1 Å². The second-order valence-corrected chi connectivity index (χ2v) is 13.2. The molecule has 4 aromatic rings. The number of rotatable bonds is 12. The molecule has 0 unspecified atom stereocenters. The van der Waals surface area contributed by atoms with Gasteiger partial charge < -0.3 is 50.5 Å². The fourth-order valence-electron chi connectivity index (χ4n) is 4.11. The number of benzene rings is 2. The Morgan fingerprint density at radius 2 is 1.10 bits per heavy atom. The van der Waals surface area contributed by atoms with Gasteiger partial charge in [-0.15, -0.1) is 0 Å². The summed E-state index contributed by atoms with van der Waals surface area (Å²) < 4.78 is 11.4. The monoisotopic (exact) mass is 690 g/mol. The molecule has 0 aliphatic rings. The zero-order valence-electron chi connectivity index (χ0n) is 29.1. The van der Waals surface area contributed by atoms with Gasteiger partial charge in [-0.1, -0.05) is 12.1 Å². The molecule has 8 N–H and O–H groups in total. The number of ether oxygens (including phenoxy) is 2. The van der Waals surface area contributed by atoms with Gasteiger partial charge in [-0.05, 0) is 77.9 Å². The Labute approximate surface area is 291 Å². The minimum atomic E-state index is -1.26. The molecule has 0 aliphatic heterocycles. The third-order valence-electron chi connectivity index (χ3n) is 6.46. The number of nitriles is 2. The third kappa shape index (κ3) is 15.2. The van der Waals surface area contributed by atoms with E-state index in [1.807, 2.05) is 77.9 Å². The summed E-state index contributed by atoms with van der Waals surface area (Å²) in [6, 6.07) is 18.8. The maximum Gasteiger partial charge on any atom is 0.328 e. The van der Waals surface area contributed by atoms with Crippen molar-refractivity contribution in [1.29, 1.82) is 10.5 Å². The first-order valence-electron chi connectivity index (χ1n) is 15.7. The van der Waals surface area contributed by atoms with Gasteiger partial charge in [0.1, 0.15) is 60.4 Å². The highest BCUT2D eigenvalue weighted by Gasteiger charge is 2.15. The van der Waals surface area contributed by atoms with Gasteiger partial charge in [0.15, 0.2) is 0 Å². The minimum Gasteiger partial charge on any atom is -0.490 e. The first-order chi connectivity index (χ1) is 23.4. The van der Waals surface area contributed by atoms with Crippen molar-refractivity contribution in [2.45, 2.75) is 64.8 Å². The maximum absolute atomic E-state index is 9.95. The number of aliphatic hydroxyl groups is 2. The van der Waals surface area contributed by atoms with Crippen LogP contribution >= 0.6 is 0 Å². The number of nitrogens with zero attached hydrogens (tertiary/aromatic N) is 2. The molecule has 0 fully saturated rings. The number of aromatic amines is 2. The number of aliphatic hydroxyl groups excluding tert-OH is 2. The molecule has 0 bridgehead atoms. The van der Waals surface area contributed by atoms with Crippen molar-refractivity contribution in [3.8, 4) is 23.6 Å². The second kappa shape index (κ2) is 19.0. The summed E-state index contributed by atoms with van der Waals surface area (Å²) in [6.45, 7) is 13.6. The Kier molecular flexibility index (Phi) is 15.5. The van der Waals surface area contributed by atoms with Gasteiger partial charge in [-0.2, -0.15) is 10.5 Å². The van der Waals surface area contributed by atoms with Crippen molar-refractivity contribution < 1.29 is 39.5 Å². The molecule has 14 nitrogen and oxygen atoms in total. The highest BCUT2D eigenvalue weighted by atomic mass is 16.5. The molecule has 0 radical (unpaired) electrons. The molecule has 50 heavy (non-hydrogen) atoms. The van der Waals surface area contributed by atoms with Gasteiger partial charge in [-0.25, -0.2) is 9.59 Å². The van der Waals surface area contributed by atoms with Crippen LogP contribution in [-0.2, 0) is 9.59 Å². The number of H-pyrrole nitrogens is 2. The number of carboxylic acids is 2. The van der Waals surface area contributed by atoms with Crippen molar-refractivity contribution >= 4 is 33.7 Å². The van der Waals surface area contributed by atoms with Crippen LogP contribution in [0.4, 0.5) is 0 Å². The highest BCUT2D eigenvalue weighted by Crippen LogP contribution is 2.27. The normalized spacial score (nSPS) is 12.5. The molecule has 0 saturated heterocycles. The average molecular weight is 691 g/mol. The van der Waals surface area contributed by atoms with Crippen molar-refractivity contribution in [3.63, 3.8) is 0 Å². The number of fused-ring (bicyclic) bond motifs is 2. The molecule has 14 heteroatoms. The van der Waals surface area contributed by atoms with E-state index in [2.05, 4.69) is 32.7 Å². The fourth-order valence-corrected chi connectivity index (χ4v) is 4.11. The standard InChI is InChI=1S/2C16H21N3O2.C4H4O4/c2*1-16(2,3)18-9-12(20)10-21-15-6-4-5-14-13(15)7-11(8-17)19-14;5-3(6)1-2-4(7)8/h2*4-7,12,18-20H,9-10H2,1-3H3;1-2H,(H,5,6)(H,7,8)/b;;2-1+/t2*12-;/m00./s1. The second-order valence-electron chi connectivity index (χ2n) is 13.2. The maximum atomic E-state index is 9.95. The highest BCUT2D eigenvalue weighted by molar-refractivity contribution is 5.90. The van der Waals surface area contributed by atoms with E-state index >= 15 is 0 Å². The molecule has 2 aromatic carbocycles. The Balaban J connectivity index is 0.000000286. The largest absolute Gasteiger partial charge is 0.490 e.